The van der Waals surface area contributed by atoms with Crippen LogP contribution in [-0.2, 0) is 63.9 Å². The van der Waals surface area contributed by atoms with E-state index >= 15 is 14.4 Å². The van der Waals surface area contributed by atoms with E-state index in [0.717, 1.165) is 9.80 Å². The van der Waals surface area contributed by atoms with Gasteiger partial charge in [-0.15, -0.1) is 0 Å². The Kier molecular flexibility index (Phi) is 31.9. The van der Waals surface area contributed by atoms with Crippen molar-refractivity contribution < 1.29 is 67.7 Å². The number of rotatable bonds is 17. The fraction of sp³-hybridized carbons (Fsp3) is 0.739. The van der Waals surface area contributed by atoms with Crippen molar-refractivity contribution in [3.8, 4) is 0 Å². The van der Waals surface area contributed by atoms with E-state index in [9.17, 15) is 48.6 Å². The van der Waals surface area contributed by atoms with Crippen molar-refractivity contribution in [1.29, 1.82) is 0 Å². The number of imidazole rings is 1. The minimum atomic E-state index is -1.81. The minimum Gasteiger partial charge on any atom is -0.450 e. The number of aromatic amines is 1. The van der Waals surface area contributed by atoms with Crippen molar-refractivity contribution >= 4 is 76.0 Å². The lowest BCUT2D eigenvalue weighted by atomic mass is 9.91. The maximum absolute atomic E-state index is 15.4. The summed E-state index contributed by atoms with van der Waals surface area (Å²) in [5.74, 6) is -10.9. The minimum absolute atomic E-state index is 0.0650. The number of ketones is 1. The molecule has 1 aliphatic heterocycles. The number of carbonyl (C=O) groups excluding carboxylic acids is 11. The maximum Gasteiger partial charge on any atom is 0.329 e. The van der Waals surface area contributed by atoms with E-state index in [1.165, 1.54) is 68.7 Å². The van der Waals surface area contributed by atoms with Crippen molar-refractivity contribution in [2.75, 3.05) is 55.4 Å². The number of hydrogen-bond donors (Lipinski definition) is 7. The van der Waals surface area contributed by atoms with Crippen LogP contribution in [0.15, 0.2) is 24.3 Å². The van der Waals surface area contributed by atoms with E-state index in [0.29, 0.717) is 16.9 Å². The Morgan fingerprint density at radius 3 is 1.43 bits per heavy atom. The van der Waals surface area contributed by atoms with Crippen LogP contribution in [0.1, 0.15) is 156 Å². The number of cyclic esters (lactones) is 1. The Hall–Kier alpha value is -7.06. The lowest BCUT2D eigenvalue weighted by Gasteiger charge is -2.40. The van der Waals surface area contributed by atoms with Crippen LogP contribution in [0.25, 0.3) is 11.0 Å². The summed E-state index contributed by atoms with van der Waals surface area (Å²) in [6.45, 7) is 28.6. The second-order valence-electron chi connectivity index (χ2n) is 29.3. The predicted molar refractivity (Wildman–Crippen MR) is 362 cm³/mol. The zero-order chi connectivity index (χ0) is 72.5. The molecule has 536 valence electrons. The predicted octanol–water partition coefficient (Wildman–Crippen LogP) is 3.55. The zero-order valence-corrected chi connectivity index (χ0v) is 60.9. The smallest absolute Gasteiger partial charge is 0.329 e. The number of aliphatic hydroxyl groups excluding tert-OH is 2. The van der Waals surface area contributed by atoms with Crippen molar-refractivity contribution in [3.05, 3.63) is 30.1 Å². The molecule has 13 atom stereocenters. The topological polar surface area (TPSA) is 334 Å². The fourth-order valence-corrected chi connectivity index (χ4v) is 12.1. The third kappa shape index (κ3) is 23.3. The highest BCUT2D eigenvalue weighted by Gasteiger charge is 2.46. The summed E-state index contributed by atoms with van der Waals surface area (Å²) >= 11 is 0. The van der Waals surface area contributed by atoms with Crippen LogP contribution in [0, 0.1) is 47.3 Å². The van der Waals surface area contributed by atoms with Gasteiger partial charge in [-0.3, -0.25) is 52.8 Å². The number of esters is 1. The van der Waals surface area contributed by atoms with E-state index in [4.69, 9.17) is 4.74 Å². The van der Waals surface area contributed by atoms with Gasteiger partial charge >= 0.3 is 5.97 Å². The SMILES string of the molecule is CC(C)C[C@@H]1NC(=O)[C@H](CC(C)C)N(C)C(=O)[C@@H](C(C)C)OC(=O)[C@H](C)NC(=O)[C@H](CC(C)C)N(C)C(=O)[C@H](CC(C)C)NC(=O)[C@H](CC(C)C)N(C)CC(=O)CN(C)C(=O)[C@H]([C@@H](C)O)NC(=O)[C@H]([C@H](O)[C@H](C)Cc2nc3ccccc3[nH]2)N(C)C(=O)[C@H](C(C)C)N(C)C1=O. The number of nitrogens with one attached hydrogen (secondary N) is 5. The molecule has 0 saturated carbocycles. The molecule has 1 aliphatic rings. The highest BCUT2D eigenvalue weighted by atomic mass is 16.6. The molecule has 1 fully saturated rings. The number of hydrogen-bond acceptors (Lipinski definition) is 16. The van der Waals surface area contributed by atoms with E-state index in [2.05, 4.69) is 31.2 Å². The lowest BCUT2D eigenvalue weighted by Crippen LogP contribution is -2.64. The third-order valence-electron chi connectivity index (χ3n) is 17.4. The molecule has 7 N–H and O–H groups in total. The van der Waals surface area contributed by atoms with Crippen LogP contribution < -0.4 is 21.3 Å². The molecule has 0 unspecified atom stereocenters. The van der Waals surface area contributed by atoms with E-state index < -0.39 is 162 Å². The van der Waals surface area contributed by atoms with Gasteiger partial charge in [0.25, 0.3) is 5.91 Å². The number of nitrogens with zero attached hydrogens (tertiary/aromatic N) is 7. The number of aliphatic hydroxyl groups is 2. The molecule has 26 nitrogen and oxygen atoms in total. The first kappa shape index (κ1) is 82.2. The Labute approximate surface area is 563 Å². The fourth-order valence-electron chi connectivity index (χ4n) is 12.1. The summed E-state index contributed by atoms with van der Waals surface area (Å²) in [6, 6.07) is -4.85. The maximum atomic E-state index is 15.4. The normalized spacial score (nSPS) is 25.9. The van der Waals surface area contributed by atoms with Crippen LogP contribution in [0.2, 0.25) is 0 Å². The van der Waals surface area contributed by atoms with Crippen LogP contribution in [0.5, 0.6) is 0 Å². The molecule has 2 heterocycles. The number of aromatic nitrogens is 2. The van der Waals surface area contributed by atoms with E-state index in [1.807, 2.05) is 87.4 Å². The van der Waals surface area contributed by atoms with Gasteiger partial charge < -0.3 is 65.7 Å². The first-order valence-electron chi connectivity index (χ1n) is 33.8. The number of H-pyrrole nitrogens is 1. The number of fused-ring (bicyclic) bond motifs is 1. The van der Waals surface area contributed by atoms with Crippen LogP contribution >= 0.6 is 0 Å². The zero-order valence-electron chi connectivity index (χ0n) is 60.9. The molecule has 0 radical (unpaired) electrons. The van der Waals surface area contributed by atoms with Crippen molar-refractivity contribution in [2.45, 2.75) is 229 Å². The van der Waals surface area contributed by atoms with Gasteiger partial charge in [-0.25, -0.2) is 9.78 Å². The van der Waals surface area contributed by atoms with Gasteiger partial charge in [-0.05, 0) is 112 Å². The number of para-hydroxylation sites is 2. The Morgan fingerprint density at radius 2 is 0.958 bits per heavy atom. The van der Waals surface area contributed by atoms with Crippen LogP contribution in [0.4, 0.5) is 0 Å². The van der Waals surface area contributed by atoms with E-state index in [1.54, 1.807) is 47.7 Å². The summed E-state index contributed by atoms with van der Waals surface area (Å²) < 4.78 is 5.92. The molecule has 3 rings (SSSR count). The molecule has 0 bridgehead atoms. The molecule has 9 amide bonds. The van der Waals surface area contributed by atoms with Gasteiger partial charge in [0.05, 0.1) is 42.4 Å². The highest BCUT2D eigenvalue weighted by molar-refractivity contribution is 5.99. The summed E-state index contributed by atoms with van der Waals surface area (Å²) in [5, 5.41) is 34.9. The molecular weight excluding hydrogens is 1220 g/mol. The van der Waals surface area contributed by atoms with Gasteiger partial charge in [-0.2, -0.15) is 0 Å². The first-order chi connectivity index (χ1) is 44.0. The van der Waals surface area contributed by atoms with Gasteiger partial charge in [0, 0.05) is 41.7 Å². The second-order valence-corrected chi connectivity index (χ2v) is 29.3. The number of amides is 9. The molecule has 1 saturated heterocycles. The number of Topliss-reactive ketones (excluding diaryl/α,β-unsaturated/α-hetero) is 1. The second kappa shape index (κ2) is 36.9. The first-order valence-corrected chi connectivity index (χ1v) is 33.8. The van der Waals surface area contributed by atoms with Crippen LogP contribution in [0.3, 0.4) is 0 Å². The molecule has 95 heavy (non-hydrogen) atoms. The summed E-state index contributed by atoms with van der Waals surface area (Å²) in [4.78, 5) is 177. The number of ether oxygens (including phenoxy) is 1. The van der Waals surface area contributed by atoms with Gasteiger partial charge in [0.15, 0.2) is 11.9 Å². The monoisotopic (exact) mass is 1340 g/mol. The standard InChI is InChI=1S/C69H116N12O14/c1-36(2)28-49-64(89)78(20)52(31-39(7)8)61(86)70-44(16)69(94)95-59(42(13)14)68(93)79(21)53(32-40(9)10)62(87)74-50(29-37(3)4)65(90)80(22)56(41(11)12)67(92)81(23)57(58(84)43(15)33-54-71-47-26-24-25-27-48(47)72-54)63(88)75-55(45(17)82)66(91)77(19)35-46(83)34-76(18)51(30-38(5)6)60(85)73-49/h24-27,36-45,49-53,55-59,82,84H,28-35H2,1-23H3,(H,70,86)(H,71,72)(H,73,85)(H,74,87)(H,75,88)/t43-,44+,45-,49+,50+,51+,52+,53+,55+,56+,57+,58-,59-/m1/s1. The lowest BCUT2D eigenvalue weighted by molar-refractivity contribution is -0.166. The van der Waals surface area contributed by atoms with E-state index in [-0.39, 0.29) is 74.7 Å². The number of benzene rings is 1. The molecule has 0 aliphatic carbocycles. The van der Waals surface area contributed by atoms with Crippen LogP contribution in [-0.4, -0.2) is 243 Å². The summed E-state index contributed by atoms with van der Waals surface area (Å²) in [6.07, 6.45) is -4.05. The summed E-state index contributed by atoms with van der Waals surface area (Å²) in [5.41, 5.74) is 1.36. The quantitative estimate of drug-likeness (QED) is 0.111. The molecule has 1 aromatic heterocycles. The molecule has 2 aromatic rings. The molecule has 26 heteroatoms. The largest absolute Gasteiger partial charge is 0.450 e. The average molecular weight is 1340 g/mol. The Balaban J connectivity index is 2.33. The van der Waals surface area contributed by atoms with Crippen molar-refractivity contribution in [2.24, 2.45) is 47.3 Å². The molecule has 0 spiro atoms. The Morgan fingerprint density at radius 1 is 0.505 bits per heavy atom. The third-order valence-corrected chi connectivity index (χ3v) is 17.4. The number of carbonyl (C=O) groups is 11. The molecule has 1 aromatic carbocycles. The highest BCUT2D eigenvalue weighted by Crippen LogP contribution is 2.26. The van der Waals surface area contributed by atoms with Gasteiger partial charge in [0.2, 0.25) is 47.3 Å². The number of likely N-dealkylation sites (N-methyl/N-ethyl adjacent to an activating group) is 6. The van der Waals surface area contributed by atoms with Crippen molar-refractivity contribution in [1.82, 2.24) is 60.6 Å². The Bertz CT molecular complexity index is 2910. The molecular formula is C69H116N12O14. The summed E-state index contributed by atoms with van der Waals surface area (Å²) in [7, 11) is 8.35. The van der Waals surface area contributed by atoms with Gasteiger partial charge in [0.1, 0.15) is 54.2 Å². The van der Waals surface area contributed by atoms with Crippen molar-refractivity contribution in [3.63, 3.8) is 0 Å². The van der Waals surface area contributed by atoms with Gasteiger partial charge in [-0.1, -0.05) is 116 Å². The average Bonchev–Trinajstić information content (AvgIpc) is 1.60.